The Balaban J connectivity index is 1.61. The molecule has 7 heteroatoms. The van der Waals surface area contributed by atoms with Crippen LogP contribution in [0.25, 0.3) is 5.69 Å². The molecule has 2 aromatic rings. The van der Waals surface area contributed by atoms with Gasteiger partial charge in [-0.3, -0.25) is 9.69 Å². The van der Waals surface area contributed by atoms with Crippen LogP contribution >= 0.6 is 0 Å². The number of hydrogen-bond donors (Lipinski definition) is 1. The first-order valence-corrected chi connectivity index (χ1v) is 8.40. The molecule has 2 saturated heterocycles. The second kappa shape index (κ2) is 6.24. The fourth-order valence-corrected chi connectivity index (χ4v) is 4.08. The molecule has 0 unspecified atom stereocenters. The van der Waals surface area contributed by atoms with Crippen LogP contribution in [0.15, 0.2) is 36.7 Å². The van der Waals surface area contributed by atoms with Crippen LogP contribution in [0.4, 0.5) is 4.39 Å². The third kappa shape index (κ3) is 2.83. The molecule has 0 saturated carbocycles. The Bertz CT molecular complexity index is 780. The molecule has 0 aliphatic carbocycles. The van der Waals surface area contributed by atoms with Gasteiger partial charge in [0.1, 0.15) is 5.82 Å². The van der Waals surface area contributed by atoms with Gasteiger partial charge >= 0.3 is 5.97 Å². The maximum atomic E-state index is 13.8. The van der Waals surface area contributed by atoms with Crippen LogP contribution in [0, 0.1) is 17.2 Å². The molecule has 1 aromatic heterocycles. The number of carboxylic acid groups (broad SMARTS) is 1. The zero-order valence-corrected chi connectivity index (χ0v) is 13.8. The summed E-state index contributed by atoms with van der Waals surface area (Å²) < 4.78 is 21.0. The Hall–Kier alpha value is -2.25. The highest BCUT2D eigenvalue weighted by Gasteiger charge is 2.53. The average Bonchev–Trinajstić information content (AvgIpc) is 3.22. The van der Waals surface area contributed by atoms with Gasteiger partial charge in [0, 0.05) is 44.6 Å². The average molecular weight is 345 g/mol. The summed E-state index contributed by atoms with van der Waals surface area (Å²) in [5.41, 5.74) is 0.850. The molecule has 1 N–H and O–H groups in total. The zero-order valence-electron chi connectivity index (χ0n) is 13.8. The Morgan fingerprint density at radius 3 is 3.08 bits per heavy atom. The third-order valence-electron chi connectivity index (χ3n) is 5.39. The molecule has 3 heterocycles. The van der Waals surface area contributed by atoms with Gasteiger partial charge in [-0.2, -0.15) is 5.10 Å². The quantitative estimate of drug-likeness (QED) is 0.917. The molecule has 0 spiro atoms. The molecule has 2 fully saturated rings. The number of carboxylic acids is 1. The fourth-order valence-electron chi connectivity index (χ4n) is 4.08. The lowest BCUT2D eigenvalue weighted by Crippen LogP contribution is -2.44. The highest BCUT2D eigenvalue weighted by atomic mass is 19.1. The van der Waals surface area contributed by atoms with Crippen LogP contribution in [0.3, 0.4) is 0 Å². The van der Waals surface area contributed by atoms with Crippen molar-refractivity contribution in [2.24, 2.45) is 11.3 Å². The van der Waals surface area contributed by atoms with Gasteiger partial charge in [0.2, 0.25) is 0 Å². The number of carbonyl (C=O) groups is 1. The van der Waals surface area contributed by atoms with Crippen molar-refractivity contribution >= 4 is 5.97 Å². The molecule has 0 bridgehead atoms. The van der Waals surface area contributed by atoms with Gasteiger partial charge in [-0.15, -0.1) is 0 Å². The molecule has 0 amide bonds. The maximum absolute atomic E-state index is 13.8. The minimum atomic E-state index is -0.755. The van der Waals surface area contributed by atoms with Crippen molar-refractivity contribution in [1.29, 1.82) is 0 Å². The largest absolute Gasteiger partial charge is 0.481 e. The summed E-state index contributed by atoms with van der Waals surface area (Å²) in [6, 6.07) is 6.44. The van der Waals surface area contributed by atoms with Crippen LogP contribution < -0.4 is 0 Å². The Morgan fingerprint density at radius 2 is 2.36 bits per heavy atom. The zero-order chi connectivity index (χ0) is 17.4. The number of halogens is 1. The second-order valence-corrected chi connectivity index (χ2v) is 6.88. The smallest absolute Gasteiger partial charge is 0.311 e. The molecule has 1 aromatic carbocycles. The van der Waals surface area contributed by atoms with Gasteiger partial charge in [-0.25, -0.2) is 9.07 Å². The van der Waals surface area contributed by atoms with Gasteiger partial charge in [0.25, 0.3) is 0 Å². The van der Waals surface area contributed by atoms with E-state index in [0.717, 1.165) is 11.3 Å². The van der Waals surface area contributed by atoms with E-state index in [1.807, 2.05) is 12.3 Å². The standard InChI is InChI=1S/C18H20FN3O3/c19-15-2-3-16(22-6-1-5-20-22)13(8-15)9-21-10-14-11-25-7-4-18(14,12-21)17(23)24/h1-3,5-6,8,14H,4,7,9-12H2,(H,23,24)/t14-,18+/m1/s1. The van der Waals surface area contributed by atoms with E-state index in [0.29, 0.717) is 39.3 Å². The SMILES string of the molecule is O=C(O)[C@]12CCOC[C@H]1CN(Cc1cc(F)ccc1-n1cccn1)C2. The lowest BCUT2D eigenvalue weighted by molar-refractivity contribution is -0.157. The third-order valence-corrected chi connectivity index (χ3v) is 5.39. The molecule has 132 valence electrons. The van der Waals surface area contributed by atoms with E-state index in [4.69, 9.17) is 4.74 Å². The number of rotatable bonds is 4. The Morgan fingerprint density at radius 1 is 1.48 bits per heavy atom. The van der Waals surface area contributed by atoms with Crippen molar-refractivity contribution in [3.63, 3.8) is 0 Å². The maximum Gasteiger partial charge on any atom is 0.311 e. The number of ether oxygens (including phenoxy) is 1. The van der Waals surface area contributed by atoms with Crippen molar-refractivity contribution in [3.8, 4) is 5.69 Å². The van der Waals surface area contributed by atoms with E-state index in [1.165, 1.54) is 12.1 Å². The molecule has 6 nitrogen and oxygen atoms in total. The number of benzene rings is 1. The Kier molecular flexibility index (Phi) is 4.05. The lowest BCUT2D eigenvalue weighted by Gasteiger charge is -2.34. The highest BCUT2D eigenvalue weighted by molar-refractivity contribution is 5.76. The number of aliphatic carboxylic acids is 1. The normalized spacial score (nSPS) is 26.5. The molecular weight excluding hydrogens is 325 g/mol. The molecule has 25 heavy (non-hydrogen) atoms. The van der Waals surface area contributed by atoms with Crippen LogP contribution in [0.5, 0.6) is 0 Å². The summed E-state index contributed by atoms with van der Waals surface area (Å²) in [7, 11) is 0. The van der Waals surface area contributed by atoms with Crippen LogP contribution in [-0.2, 0) is 16.1 Å². The molecular formula is C18H20FN3O3. The van der Waals surface area contributed by atoms with Gasteiger partial charge in [-0.05, 0) is 36.2 Å². The predicted octanol–water partition coefficient (Wildman–Crippen LogP) is 1.93. The summed E-state index contributed by atoms with van der Waals surface area (Å²) in [5, 5.41) is 14.0. The summed E-state index contributed by atoms with van der Waals surface area (Å²) in [4.78, 5) is 14.0. The van der Waals surface area contributed by atoms with Crippen LogP contribution in [-0.4, -0.2) is 52.1 Å². The summed E-state index contributed by atoms with van der Waals surface area (Å²) in [6.07, 6.45) is 4.01. The van der Waals surface area contributed by atoms with E-state index in [1.54, 1.807) is 16.9 Å². The van der Waals surface area contributed by atoms with E-state index in [9.17, 15) is 14.3 Å². The molecule has 0 radical (unpaired) electrons. The van der Waals surface area contributed by atoms with Gasteiger partial charge in [-0.1, -0.05) is 0 Å². The van der Waals surface area contributed by atoms with E-state index in [-0.39, 0.29) is 11.7 Å². The van der Waals surface area contributed by atoms with Crippen molar-refractivity contribution in [2.75, 3.05) is 26.3 Å². The molecule has 4 rings (SSSR count). The number of likely N-dealkylation sites (tertiary alicyclic amines) is 1. The first kappa shape index (κ1) is 16.2. The topological polar surface area (TPSA) is 67.6 Å². The highest BCUT2D eigenvalue weighted by Crippen LogP contribution is 2.43. The van der Waals surface area contributed by atoms with Gasteiger partial charge in [0.05, 0.1) is 17.7 Å². The summed E-state index contributed by atoms with van der Waals surface area (Å²) >= 11 is 0. The fraction of sp³-hybridized carbons (Fsp3) is 0.444. The first-order valence-electron chi connectivity index (χ1n) is 8.40. The second-order valence-electron chi connectivity index (χ2n) is 6.88. The summed E-state index contributed by atoms with van der Waals surface area (Å²) in [6.45, 7) is 2.54. The predicted molar refractivity (Wildman–Crippen MR) is 87.8 cm³/mol. The van der Waals surface area contributed by atoms with Gasteiger partial charge in [0.15, 0.2) is 0 Å². The number of hydrogen-bond acceptors (Lipinski definition) is 4. The van der Waals surface area contributed by atoms with E-state index < -0.39 is 11.4 Å². The van der Waals surface area contributed by atoms with E-state index in [2.05, 4.69) is 10.00 Å². The Labute approximate surface area is 144 Å². The van der Waals surface area contributed by atoms with Crippen molar-refractivity contribution in [3.05, 3.63) is 48.0 Å². The van der Waals surface area contributed by atoms with Crippen molar-refractivity contribution < 1.29 is 19.0 Å². The number of fused-ring (bicyclic) bond motifs is 1. The van der Waals surface area contributed by atoms with Crippen LogP contribution in [0.1, 0.15) is 12.0 Å². The van der Waals surface area contributed by atoms with E-state index >= 15 is 0 Å². The summed E-state index contributed by atoms with van der Waals surface area (Å²) in [5.74, 6) is -1.09. The molecule has 2 aliphatic rings. The van der Waals surface area contributed by atoms with Crippen molar-refractivity contribution in [1.82, 2.24) is 14.7 Å². The number of aromatic nitrogens is 2. The minimum Gasteiger partial charge on any atom is -0.481 e. The molecule has 2 aliphatic heterocycles. The lowest BCUT2D eigenvalue weighted by atomic mass is 9.74. The monoisotopic (exact) mass is 345 g/mol. The minimum absolute atomic E-state index is 0.0273. The van der Waals surface area contributed by atoms with Crippen LogP contribution in [0.2, 0.25) is 0 Å². The molecule has 2 atom stereocenters. The van der Waals surface area contributed by atoms with Crippen molar-refractivity contribution in [2.45, 2.75) is 13.0 Å². The van der Waals surface area contributed by atoms with Gasteiger partial charge < -0.3 is 9.84 Å². The number of nitrogens with zero attached hydrogens (tertiary/aromatic N) is 3. The first-order chi connectivity index (χ1) is 12.1.